The van der Waals surface area contributed by atoms with E-state index in [0.717, 1.165) is 20.2 Å². The lowest BCUT2D eigenvalue weighted by Gasteiger charge is -2.05. The summed E-state index contributed by atoms with van der Waals surface area (Å²) in [5.41, 5.74) is 1.80. The Kier molecular flexibility index (Phi) is 4.55. The van der Waals surface area contributed by atoms with Crippen LogP contribution in [0.3, 0.4) is 0 Å². The van der Waals surface area contributed by atoms with Crippen molar-refractivity contribution in [1.29, 1.82) is 0 Å². The molecule has 0 aliphatic rings. The third-order valence-corrected chi connectivity index (χ3v) is 3.46. The highest BCUT2D eigenvalue weighted by Gasteiger charge is 2.03. The van der Waals surface area contributed by atoms with Gasteiger partial charge in [-0.05, 0) is 42.0 Å². The molecule has 1 N–H and O–H groups in total. The van der Waals surface area contributed by atoms with E-state index in [1.807, 2.05) is 48.5 Å². The van der Waals surface area contributed by atoms with Crippen molar-refractivity contribution in [2.45, 2.75) is 6.42 Å². The van der Waals surface area contributed by atoms with E-state index in [2.05, 4.69) is 37.2 Å². The summed E-state index contributed by atoms with van der Waals surface area (Å²) >= 11 is 6.72. The lowest BCUT2D eigenvalue weighted by atomic mass is 10.1. The number of amides is 1. The van der Waals surface area contributed by atoms with Crippen LogP contribution in [0.15, 0.2) is 57.5 Å². The van der Waals surface area contributed by atoms with E-state index in [4.69, 9.17) is 0 Å². The van der Waals surface area contributed by atoms with Crippen molar-refractivity contribution in [2.75, 3.05) is 5.32 Å². The Bertz CT molecular complexity index is 485. The first kappa shape index (κ1) is 13.3. The van der Waals surface area contributed by atoms with Crippen LogP contribution in [0.4, 0.5) is 5.69 Å². The van der Waals surface area contributed by atoms with Crippen LogP contribution in [0.2, 0.25) is 0 Å². The topological polar surface area (TPSA) is 29.1 Å². The van der Waals surface area contributed by atoms with Crippen molar-refractivity contribution in [3.05, 3.63) is 63.0 Å². The predicted molar refractivity (Wildman–Crippen MR) is 80.6 cm³/mol. The summed E-state index contributed by atoms with van der Waals surface area (Å²) in [4.78, 5) is 11.8. The molecule has 2 rings (SSSR count). The van der Waals surface area contributed by atoms with Crippen molar-refractivity contribution in [3.63, 3.8) is 0 Å². The number of benzene rings is 2. The number of anilines is 1. The molecular weight excluding hydrogens is 358 g/mol. The van der Waals surface area contributed by atoms with Crippen molar-refractivity contribution in [3.8, 4) is 0 Å². The van der Waals surface area contributed by atoms with Crippen molar-refractivity contribution < 1.29 is 4.79 Å². The van der Waals surface area contributed by atoms with Crippen LogP contribution < -0.4 is 5.32 Å². The van der Waals surface area contributed by atoms with E-state index in [1.165, 1.54) is 0 Å². The highest BCUT2D eigenvalue weighted by atomic mass is 79.9. The van der Waals surface area contributed by atoms with Gasteiger partial charge in [-0.25, -0.2) is 0 Å². The van der Waals surface area contributed by atoms with Gasteiger partial charge in [-0.1, -0.05) is 44.0 Å². The summed E-state index contributed by atoms with van der Waals surface area (Å²) in [7, 11) is 0. The van der Waals surface area contributed by atoms with Crippen molar-refractivity contribution >= 4 is 43.5 Å². The molecule has 0 aliphatic carbocycles. The van der Waals surface area contributed by atoms with Crippen LogP contribution in [0, 0.1) is 0 Å². The monoisotopic (exact) mass is 367 g/mol. The van der Waals surface area contributed by atoms with Gasteiger partial charge in [0.05, 0.1) is 6.42 Å². The van der Waals surface area contributed by atoms with E-state index in [-0.39, 0.29) is 5.91 Å². The first-order valence-corrected chi connectivity index (χ1v) is 7.02. The summed E-state index contributed by atoms with van der Waals surface area (Å²) in [6.45, 7) is 0. The molecule has 2 nitrogen and oxygen atoms in total. The predicted octanol–water partition coefficient (Wildman–Crippen LogP) is 4.39. The fraction of sp³-hybridized carbons (Fsp3) is 0.0714. The highest BCUT2D eigenvalue weighted by molar-refractivity contribution is 9.10. The minimum atomic E-state index is -0.0142. The summed E-state index contributed by atoms with van der Waals surface area (Å²) in [5, 5.41) is 2.86. The average molecular weight is 369 g/mol. The van der Waals surface area contributed by atoms with Gasteiger partial charge in [0.1, 0.15) is 0 Å². The van der Waals surface area contributed by atoms with Crippen LogP contribution in [-0.2, 0) is 11.2 Å². The number of hydrogen-bond acceptors (Lipinski definition) is 1. The third-order valence-electron chi connectivity index (χ3n) is 2.41. The fourth-order valence-corrected chi connectivity index (χ4v) is 2.05. The van der Waals surface area contributed by atoms with Crippen molar-refractivity contribution in [1.82, 2.24) is 0 Å². The number of hydrogen-bond donors (Lipinski definition) is 1. The smallest absolute Gasteiger partial charge is 0.228 e. The number of nitrogens with one attached hydrogen (secondary N) is 1. The van der Waals surface area contributed by atoms with Gasteiger partial charge >= 0.3 is 0 Å². The summed E-state index contributed by atoms with van der Waals surface area (Å²) in [6.07, 6.45) is 0.378. The largest absolute Gasteiger partial charge is 0.326 e. The van der Waals surface area contributed by atoms with Crippen LogP contribution in [0.1, 0.15) is 5.56 Å². The van der Waals surface area contributed by atoms with E-state index >= 15 is 0 Å². The number of carbonyl (C=O) groups excluding carboxylic acids is 1. The second-order valence-corrected chi connectivity index (χ2v) is 5.69. The zero-order valence-corrected chi connectivity index (χ0v) is 12.7. The third kappa shape index (κ3) is 3.96. The molecule has 0 saturated heterocycles. The number of carbonyl (C=O) groups is 1. The van der Waals surface area contributed by atoms with E-state index < -0.39 is 0 Å². The first-order valence-electron chi connectivity index (χ1n) is 5.43. The van der Waals surface area contributed by atoms with Gasteiger partial charge in [-0.2, -0.15) is 0 Å². The summed E-state index contributed by atoms with van der Waals surface area (Å²) in [5.74, 6) is -0.0142. The molecule has 0 bridgehead atoms. The Balaban J connectivity index is 1.96. The van der Waals surface area contributed by atoms with Gasteiger partial charge in [-0.3, -0.25) is 4.79 Å². The molecule has 0 heterocycles. The van der Waals surface area contributed by atoms with Gasteiger partial charge in [0, 0.05) is 14.6 Å². The average Bonchev–Trinajstić information content (AvgIpc) is 2.35. The molecule has 0 saturated carbocycles. The molecule has 2 aromatic carbocycles. The first-order chi connectivity index (χ1) is 8.63. The summed E-state index contributed by atoms with van der Waals surface area (Å²) in [6, 6.07) is 15.3. The standard InChI is InChI=1S/C14H11Br2NO/c15-11-3-1-10(2-4-11)9-14(18)17-13-7-5-12(16)6-8-13/h1-8H,9H2,(H,17,18). The second kappa shape index (κ2) is 6.16. The lowest BCUT2D eigenvalue weighted by Crippen LogP contribution is -2.14. The van der Waals surface area contributed by atoms with Crippen LogP contribution in [0.25, 0.3) is 0 Å². The maximum Gasteiger partial charge on any atom is 0.228 e. The lowest BCUT2D eigenvalue weighted by molar-refractivity contribution is -0.115. The SMILES string of the molecule is O=C(Cc1ccc(Br)cc1)Nc1ccc(Br)cc1. The second-order valence-electron chi connectivity index (χ2n) is 3.86. The molecule has 0 atom stereocenters. The van der Waals surface area contributed by atoms with Gasteiger partial charge in [0.2, 0.25) is 5.91 Å². The molecule has 0 aliphatic heterocycles. The summed E-state index contributed by atoms with van der Waals surface area (Å²) < 4.78 is 2.01. The molecule has 4 heteroatoms. The molecule has 0 spiro atoms. The Morgan fingerprint density at radius 3 is 1.94 bits per heavy atom. The van der Waals surface area contributed by atoms with Crippen LogP contribution in [-0.4, -0.2) is 5.91 Å². The molecule has 1 amide bonds. The van der Waals surface area contributed by atoms with Crippen LogP contribution in [0.5, 0.6) is 0 Å². The Labute approximate surface area is 123 Å². The molecule has 0 unspecified atom stereocenters. The molecule has 92 valence electrons. The maximum atomic E-state index is 11.8. The highest BCUT2D eigenvalue weighted by Crippen LogP contribution is 2.15. The van der Waals surface area contributed by atoms with Gasteiger partial charge in [0.15, 0.2) is 0 Å². The zero-order valence-electron chi connectivity index (χ0n) is 9.49. The van der Waals surface area contributed by atoms with Crippen molar-refractivity contribution in [2.24, 2.45) is 0 Å². The van der Waals surface area contributed by atoms with Crippen LogP contribution >= 0.6 is 31.9 Å². The molecule has 18 heavy (non-hydrogen) atoms. The van der Waals surface area contributed by atoms with E-state index in [1.54, 1.807) is 0 Å². The zero-order chi connectivity index (χ0) is 13.0. The minimum absolute atomic E-state index is 0.0142. The van der Waals surface area contributed by atoms with Gasteiger partial charge in [-0.15, -0.1) is 0 Å². The molecule has 2 aromatic rings. The Morgan fingerprint density at radius 2 is 1.39 bits per heavy atom. The Hall–Kier alpha value is -1.13. The minimum Gasteiger partial charge on any atom is -0.326 e. The molecule has 0 fully saturated rings. The van der Waals surface area contributed by atoms with E-state index in [9.17, 15) is 4.79 Å². The quantitative estimate of drug-likeness (QED) is 0.854. The van der Waals surface area contributed by atoms with Gasteiger partial charge in [0.25, 0.3) is 0 Å². The number of halogens is 2. The molecule has 0 aromatic heterocycles. The maximum absolute atomic E-state index is 11.8. The van der Waals surface area contributed by atoms with E-state index in [0.29, 0.717) is 6.42 Å². The Morgan fingerprint density at radius 1 is 0.889 bits per heavy atom. The fourth-order valence-electron chi connectivity index (χ4n) is 1.53. The normalized spacial score (nSPS) is 10.1. The molecular formula is C14H11Br2NO. The number of rotatable bonds is 3. The molecule has 0 radical (unpaired) electrons. The van der Waals surface area contributed by atoms with Gasteiger partial charge < -0.3 is 5.32 Å².